The molecule has 3 N–H and O–H groups in total. The highest BCUT2D eigenvalue weighted by atomic mass is 35.5. The van der Waals surface area contributed by atoms with Gasteiger partial charge in [0, 0.05) is 18.5 Å². The second-order valence-electron chi connectivity index (χ2n) is 11.1. The molecule has 1 amide bonds. The first-order valence-electron chi connectivity index (χ1n) is 14.0. The maximum Gasteiger partial charge on any atom is 0.223 e. The molecule has 8 heteroatoms. The van der Waals surface area contributed by atoms with E-state index in [0.717, 1.165) is 84.1 Å². The zero-order chi connectivity index (χ0) is 26.9. The molecule has 7 nitrogen and oxygen atoms in total. The number of likely N-dealkylation sites (tertiary alicyclic amines) is 1. The summed E-state index contributed by atoms with van der Waals surface area (Å²) in [5.41, 5.74) is 6.10. The molecule has 4 aromatic rings. The van der Waals surface area contributed by atoms with Gasteiger partial charge in [-0.3, -0.25) is 4.79 Å². The third kappa shape index (κ3) is 5.38. The molecule has 2 aliphatic heterocycles. The molecule has 0 aliphatic carbocycles. The Kier molecular flexibility index (Phi) is 7.28. The standard InChI is InChI=1S/C31H35ClN6O/c1-19(2)17-27(39)38-16-4-6-26(38)31-34-18-25(35-31)22-11-7-20(8-12-22)21-9-13-23(14-10-21)28-29(32)37-30(36-28)24-5-3-15-33-24/h7-14,18-19,24,26,33H,3-6,15-17H2,1-2H3,(H,34,35)(H,36,37)/t24-,26-/m0/s1. The minimum atomic E-state index is 0.0383. The molecular weight excluding hydrogens is 508 g/mol. The molecule has 6 rings (SSSR count). The van der Waals surface area contributed by atoms with Crippen molar-refractivity contribution in [2.75, 3.05) is 13.1 Å². The molecule has 0 saturated carbocycles. The summed E-state index contributed by atoms with van der Waals surface area (Å²) in [7, 11) is 0. The lowest BCUT2D eigenvalue weighted by molar-refractivity contribution is -0.133. The number of halogens is 1. The van der Waals surface area contributed by atoms with Gasteiger partial charge < -0.3 is 20.2 Å². The number of H-pyrrole nitrogens is 2. The van der Waals surface area contributed by atoms with Gasteiger partial charge in [0.2, 0.25) is 5.91 Å². The van der Waals surface area contributed by atoms with Gasteiger partial charge in [0.05, 0.1) is 24.0 Å². The zero-order valence-electron chi connectivity index (χ0n) is 22.5. The lowest BCUT2D eigenvalue weighted by Gasteiger charge is -2.24. The highest BCUT2D eigenvalue weighted by Crippen LogP contribution is 2.34. The highest BCUT2D eigenvalue weighted by molar-refractivity contribution is 6.31. The van der Waals surface area contributed by atoms with Crippen LogP contribution in [0.1, 0.15) is 69.7 Å². The predicted octanol–water partition coefficient (Wildman–Crippen LogP) is 6.92. The largest absolute Gasteiger partial charge is 0.340 e. The number of hydrogen-bond acceptors (Lipinski definition) is 4. The fourth-order valence-corrected chi connectivity index (χ4v) is 6.02. The van der Waals surface area contributed by atoms with Gasteiger partial charge in [-0.2, -0.15) is 0 Å². The number of carbonyl (C=O) groups excluding carboxylic acids is 1. The van der Waals surface area contributed by atoms with E-state index in [9.17, 15) is 4.79 Å². The second-order valence-corrected chi connectivity index (χ2v) is 11.5. The van der Waals surface area contributed by atoms with Crippen molar-refractivity contribution in [1.82, 2.24) is 30.2 Å². The normalized spacial score (nSPS) is 19.3. The molecule has 0 spiro atoms. The molecule has 2 aromatic carbocycles. The molecule has 0 radical (unpaired) electrons. The number of amides is 1. The van der Waals surface area contributed by atoms with Crippen LogP contribution in [0, 0.1) is 5.92 Å². The van der Waals surface area contributed by atoms with E-state index in [4.69, 9.17) is 16.6 Å². The molecule has 2 saturated heterocycles. The Labute approximate surface area is 234 Å². The number of aromatic nitrogens is 4. The first-order chi connectivity index (χ1) is 19.0. The van der Waals surface area contributed by atoms with Crippen LogP contribution in [0.3, 0.4) is 0 Å². The molecule has 2 aliphatic rings. The van der Waals surface area contributed by atoms with E-state index >= 15 is 0 Å². The van der Waals surface area contributed by atoms with Crippen LogP contribution in [0.25, 0.3) is 33.6 Å². The van der Waals surface area contributed by atoms with E-state index in [1.165, 1.54) is 0 Å². The van der Waals surface area contributed by atoms with Crippen molar-refractivity contribution in [1.29, 1.82) is 0 Å². The van der Waals surface area contributed by atoms with Crippen molar-refractivity contribution in [2.24, 2.45) is 5.92 Å². The van der Waals surface area contributed by atoms with Gasteiger partial charge in [0.1, 0.15) is 22.5 Å². The van der Waals surface area contributed by atoms with E-state index in [2.05, 4.69) is 82.6 Å². The fourth-order valence-electron chi connectivity index (χ4n) is 5.77. The molecule has 0 unspecified atom stereocenters. The molecule has 39 heavy (non-hydrogen) atoms. The van der Waals surface area contributed by atoms with Crippen molar-refractivity contribution < 1.29 is 4.79 Å². The van der Waals surface area contributed by atoms with Gasteiger partial charge in [0.25, 0.3) is 0 Å². The van der Waals surface area contributed by atoms with Crippen LogP contribution in [0.15, 0.2) is 54.7 Å². The molecular formula is C31H35ClN6O. The Balaban J connectivity index is 1.15. The lowest BCUT2D eigenvalue weighted by atomic mass is 10.0. The zero-order valence-corrected chi connectivity index (χ0v) is 23.3. The number of carbonyl (C=O) groups is 1. The molecule has 2 fully saturated rings. The number of aromatic amines is 2. The average molecular weight is 543 g/mol. The van der Waals surface area contributed by atoms with Gasteiger partial charge in [-0.25, -0.2) is 9.97 Å². The van der Waals surface area contributed by atoms with Crippen LogP contribution in [-0.4, -0.2) is 43.8 Å². The van der Waals surface area contributed by atoms with Gasteiger partial charge in [-0.05, 0) is 54.8 Å². The number of nitrogens with zero attached hydrogens (tertiary/aromatic N) is 3. The van der Waals surface area contributed by atoms with E-state index in [1.807, 2.05) is 11.1 Å². The number of imidazole rings is 2. The van der Waals surface area contributed by atoms with Crippen LogP contribution in [-0.2, 0) is 4.79 Å². The van der Waals surface area contributed by atoms with Crippen molar-refractivity contribution >= 4 is 17.5 Å². The Morgan fingerprint density at radius 3 is 2.31 bits per heavy atom. The topological polar surface area (TPSA) is 89.7 Å². The quantitative estimate of drug-likeness (QED) is 0.236. The minimum Gasteiger partial charge on any atom is -0.340 e. The van der Waals surface area contributed by atoms with Crippen LogP contribution < -0.4 is 5.32 Å². The molecule has 0 bridgehead atoms. The summed E-state index contributed by atoms with van der Waals surface area (Å²) >= 11 is 6.50. The number of hydrogen-bond donors (Lipinski definition) is 3. The molecule has 2 aromatic heterocycles. The highest BCUT2D eigenvalue weighted by Gasteiger charge is 2.32. The van der Waals surface area contributed by atoms with Crippen LogP contribution >= 0.6 is 11.6 Å². The van der Waals surface area contributed by atoms with Crippen molar-refractivity contribution in [3.8, 4) is 33.6 Å². The summed E-state index contributed by atoms with van der Waals surface area (Å²) in [5.74, 6) is 2.37. The van der Waals surface area contributed by atoms with E-state index in [0.29, 0.717) is 17.5 Å². The number of benzene rings is 2. The average Bonchev–Trinajstić information content (AvgIpc) is 3.75. The van der Waals surface area contributed by atoms with Crippen LogP contribution in [0.4, 0.5) is 0 Å². The molecule has 4 heterocycles. The van der Waals surface area contributed by atoms with Gasteiger partial charge in [0.15, 0.2) is 0 Å². The lowest BCUT2D eigenvalue weighted by Crippen LogP contribution is -2.31. The van der Waals surface area contributed by atoms with Gasteiger partial charge in [-0.15, -0.1) is 0 Å². The Morgan fingerprint density at radius 2 is 1.64 bits per heavy atom. The van der Waals surface area contributed by atoms with Crippen LogP contribution in [0.5, 0.6) is 0 Å². The Morgan fingerprint density at radius 1 is 0.949 bits per heavy atom. The van der Waals surface area contributed by atoms with E-state index in [-0.39, 0.29) is 18.0 Å². The smallest absolute Gasteiger partial charge is 0.223 e. The summed E-state index contributed by atoms with van der Waals surface area (Å²) in [6, 6.07) is 17.2. The Bertz CT molecular complexity index is 1430. The first-order valence-corrected chi connectivity index (χ1v) is 14.4. The summed E-state index contributed by atoms with van der Waals surface area (Å²) in [5, 5.41) is 4.05. The number of nitrogens with one attached hydrogen (secondary N) is 3. The van der Waals surface area contributed by atoms with Crippen molar-refractivity contribution in [3.05, 3.63) is 71.5 Å². The fraction of sp³-hybridized carbons (Fsp3) is 0.387. The summed E-state index contributed by atoms with van der Waals surface area (Å²) < 4.78 is 0. The van der Waals surface area contributed by atoms with E-state index < -0.39 is 0 Å². The second kappa shape index (κ2) is 11.0. The van der Waals surface area contributed by atoms with Crippen molar-refractivity contribution in [2.45, 2.75) is 58.0 Å². The predicted molar refractivity (Wildman–Crippen MR) is 155 cm³/mol. The Hall–Kier alpha value is -3.42. The van der Waals surface area contributed by atoms with Gasteiger partial charge >= 0.3 is 0 Å². The molecule has 202 valence electrons. The maximum atomic E-state index is 12.7. The maximum absolute atomic E-state index is 12.7. The van der Waals surface area contributed by atoms with E-state index in [1.54, 1.807) is 0 Å². The first kappa shape index (κ1) is 25.8. The van der Waals surface area contributed by atoms with Crippen LogP contribution in [0.2, 0.25) is 5.15 Å². The van der Waals surface area contributed by atoms with Crippen molar-refractivity contribution in [3.63, 3.8) is 0 Å². The summed E-state index contributed by atoms with van der Waals surface area (Å²) in [4.78, 5) is 30.9. The monoisotopic (exact) mass is 542 g/mol. The minimum absolute atomic E-state index is 0.0383. The molecule has 2 atom stereocenters. The summed E-state index contributed by atoms with van der Waals surface area (Å²) in [6.07, 6.45) is 6.67. The SMILES string of the molecule is CC(C)CC(=O)N1CCC[C@H]1c1ncc(-c2ccc(-c3ccc(-c4nc([C@@H]5CCCN5)[nH]c4Cl)cc3)cc2)[nH]1. The van der Waals surface area contributed by atoms with Gasteiger partial charge in [-0.1, -0.05) is 74.0 Å². The number of rotatable bonds is 7. The third-order valence-corrected chi connectivity index (χ3v) is 8.10. The third-order valence-electron chi connectivity index (χ3n) is 7.82. The summed E-state index contributed by atoms with van der Waals surface area (Å²) in [6.45, 7) is 6.01.